The number of amides is 1. The minimum absolute atomic E-state index is 0.203. The third-order valence-electron chi connectivity index (χ3n) is 4.33. The molecule has 2 N–H and O–H groups in total. The van der Waals surface area contributed by atoms with Crippen LogP contribution in [0.5, 0.6) is 5.75 Å². The Morgan fingerprint density at radius 3 is 2.52 bits per heavy atom. The SMILES string of the molecule is COc1ccc(C2=CC(NC(=O)OC(C)C)=CN(CC=Cc3ccc(Cl)cc3)N2)cc1. The lowest BCUT2D eigenvalue weighted by atomic mass is 10.1. The molecule has 0 atom stereocenters. The number of methoxy groups -OCH3 is 1. The first kappa shape index (κ1) is 22.3. The summed E-state index contributed by atoms with van der Waals surface area (Å²) >= 11 is 5.94. The van der Waals surface area contributed by atoms with Crippen LogP contribution in [0.15, 0.2) is 72.6 Å². The number of benzene rings is 2. The summed E-state index contributed by atoms with van der Waals surface area (Å²) in [5, 5.41) is 5.39. The van der Waals surface area contributed by atoms with Crippen LogP contribution in [0.3, 0.4) is 0 Å². The van der Waals surface area contributed by atoms with E-state index in [4.69, 9.17) is 21.1 Å². The number of hydrogen-bond acceptors (Lipinski definition) is 5. The fraction of sp³-hybridized carbons (Fsp3) is 0.208. The van der Waals surface area contributed by atoms with Crippen molar-refractivity contribution in [3.8, 4) is 5.75 Å². The number of ether oxygens (including phenoxy) is 2. The van der Waals surface area contributed by atoms with E-state index in [0.717, 1.165) is 22.6 Å². The van der Waals surface area contributed by atoms with E-state index < -0.39 is 6.09 Å². The maximum Gasteiger partial charge on any atom is 0.411 e. The number of hydrogen-bond donors (Lipinski definition) is 2. The lowest BCUT2D eigenvalue weighted by molar-refractivity contribution is 0.118. The molecule has 0 unspecified atom stereocenters. The van der Waals surface area contributed by atoms with E-state index in [0.29, 0.717) is 17.3 Å². The van der Waals surface area contributed by atoms with Crippen molar-refractivity contribution in [3.05, 3.63) is 88.7 Å². The summed E-state index contributed by atoms with van der Waals surface area (Å²) in [6, 6.07) is 15.3. The molecule has 0 bridgehead atoms. The minimum atomic E-state index is -0.495. The molecule has 3 rings (SSSR count). The van der Waals surface area contributed by atoms with Crippen LogP contribution in [0.25, 0.3) is 11.8 Å². The Morgan fingerprint density at radius 1 is 1.16 bits per heavy atom. The Morgan fingerprint density at radius 2 is 1.87 bits per heavy atom. The Bertz CT molecular complexity index is 980. The standard InChI is InChI=1S/C24H26ClN3O3/c1-17(2)31-24(29)26-21-15-23(19-8-12-22(30-3)13-9-19)27-28(16-21)14-4-5-18-6-10-20(25)11-7-18/h4-13,15-17,27H,14H2,1-3H3,(H,26,29). The number of rotatable bonds is 7. The van der Waals surface area contributed by atoms with Crippen LogP contribution in [0.1, 0.15) is 25.0 Å². The second-order valence-corrected chi connectivity index (χ2v) is 7.60. The van der Waals surface area contributed by atoms with Gasteiger partial charge in [-0.15, -0.1) is 0 Å². The van der Waals surface area contributed by atoms with Gasteiger partial charge in [0, 0.05) is 11.2 Å². The first-order valence-corrected chi connectivity index (χ1v) is 10.3. The molecule has 31 heavy (non-hydrogen) atoms. The number of halogens is 1. The van der Waals surface area contributed by atoms with Crippen molar-refractivity contribution < 1.29 is 14.3 Å². The average molecular weight is 440 g/mol. The van der Waals surface area contributed by atoms with Crippen molar-refractivity contribution in [2.45, 2.75) is 20.0 Å². The van der Waals surface area contributed by atoms with E-state index in [1.807, 2.05) is 91.8 Å². The first-order valence-electron chi connectivity index (χ1n) is 9.94. The van der Waals surface area contributed by atoms with Crippen molar-refractivity contribution in [1.82, 2.24) is 15.8 Å². The molecular weight excluding hydrogens is 414 g/mol. The zero-order valence-corrected chi connectivity index (χ0v) is 18.5. The second-order valence-electron chi connectivity index (χ2n) is 7.17. The van der Waals surface area contributed by atoms with Crippen molar-refractivity contribution >= 4 is 29.5 Å². The van der Waals surface area contributed by atoms with Gasteiger partial charge in [0.05, 0.1) is 31.2 Å². The summed E-state index contributed by atoms with van der Waals surface area (Å²) in [6.45, 7) is 4.19. The highest BCUT2D eigenvalue weighted by Gasteiger charge is 2.15. The zero-order valence-electron chi connectivity index (χ0n) is 17.8. The molecule has 1 aliphatic heterocycles. The van der Waals surface area contributed by atoms with Crippen molar-refractivity contribution in [2.24, 2.45) is 0 Å². The van der Waals surface area contributed by atoms with Crippen LogP contribution in [0, 0.1) is 0 Å². The fourth-order valence-electron chi connectivity index (χ4n) is 2.90. The molecule has 0 radical (unpaired) electrons. The van der Waals surface area contributed by atoms with Crippen LogP contribution in [-0.4, -0.2) is 30.9 Å². The van der Waals surface area contributed by atoms with Gasteiger partial charge in [0.25, 0.3) is 0 Å². The van der Waals surface area contributed by atoms with Gasteiger partial charge in [-0.25, -0.2) is 4.79 Å². The first-order chi connectivity index (χ1) is 14.9. The Hall–Kier alpha value is -3.38. The van der Waals surface area contributed by atoms with Crippen molar-refractivity contribution in [3.63, 3.8) is 0 Å². The molecule has 0 aliphatic carbocycles. The van der Waals surface area contributed by atoms with Gasteiger partial charge in [-0.05, 0) is 67.4 Å². The van der Waals surface area contributed by atoms with E-state index in [2.05, 4.69) is 10.7 Å². The summed E-state index contributed by atoms with van der Waals surface area (Å²) < 4.78 is 10.4. The van der Waals surface area contributed by atoms with E-state index >= 15 is 0 Å². The molecule has 0 saturated heterocycles. The van der Waals surface area contributed by atoms with Gasteiger partial charge in [0.1, 0.15) is 5.75 Å². The topological polar surface area (TPSA) is 62.8 Å². The predicted octanol–water partition coefficient (Wildman–Crippen LogP) is 5.20. The average Bonchev–Trinajstić information content (AvgIpc) is 2.74. The van der Waals surface area contributed by atoms with Gasteiger partial charge in [0.15, 0.2) is 0 Å². The molecule has 1 amide bonds. The number of alkyl carbamates (subject to hydrolysis) is 1. The van der Waals surface area contributed by atoms with Crippen LogP contribution in [-0.2, 0) is 4.74 Å². The van der Waals surface area contributed by atoms with Gasteiger partial charge in [-0.1, -0.05) is 35.9 Å². The van der Waals surface area contributed by atoms with Crippen LogP contribution in [0.2, 0.25) is 5.02 Å². The summed E-state index contributed by atoms with van der Waals surface area (Å²) in [5.74, 6) is 0.775. The van der Waals surface area contributed by atoms with Crippen molar-refractivity contribution in [2.75, 3.05) is 13.7 Å². The largest absolute Gasteiger partial charge is 0.497 e. The summed E-state index contributed by atoms with van der Waals surface area (Å²) in [6.07, 6.45) is 7.02. The van der Waals surface area contributed by atoms with Crippen LogP contribution >= 0.6 is 11.6 Å². The monoisotopic (exact) mass is 439 g/mol. The summed E-state index contributed by atoms with van der Waals surface area (Å²) in [5.41, 5.74) is 6.82. The van der Waals surface area contributed by atoms with E-state index in [-0.39, 0.29) is 6.10 Å². The second kappa shape index (κ2) is 10.6. The summed E-state index contributed by atoms with van der Waals surface area (Å²) in [4.78, 5) is 12.1. The number of hydrazine groups is 1. The molecule has 1 heterocycles. The van der Waals surface area contributed by atoms with Gasteiger partial charge in [-0.3, -0.25) is 15.8 Å². The third kappa shape index (κ3) is 6.83. The quantitative estimate of drug-likeness (QED) is 0.620. The lowest BCUT2D eigenvalue weighted by Crippen LogP contribution is -2.38. The maximum atomic E-state index is 12.1. The number of nitrogens with zero attached hydrogens (tertiary/aromatic N) is 1. The fourth-order valence-corrected chi connectivity index (χ4v) is 3.03. The van der Waals surface area contributed by atoms with E-state index in [9.17, 15) is 4.79 Å². The van der Waals surface area contributed by atoms with Gasteiger partial charge < -0.3 is 9.47 Å². The Kier molecular flexibility index (Phi) is 7.62. The highest BCUT2D eigenvalue weighted by atomic mass is 35.5. The molecule has 6 nitrogen and oxygen atoms in total. The van der Waals surface area contributed by atoms with Crippen LogP contribution < -0.4 is 15.5 Å². The number of carbonyl (C=O) groups excluding carboxylic acids is 1. The van der Waals surface area contributed by atoms with E-state index in [1.165, 1.54) is 0 Å². The molecule has 2 aromatic carbocycles. The molecule has 1 aliphatic rings. The third-order valence-corrected chi connectivity index (χ3v) is 4.58. The molecule has 0 aromatic heterocycles. The van der Waals surface area contributed by atoms with Crippen molar-refractivity contribution in [1.29, 1.82) is 0 Å². The normalized spacial score (nSPS) is 13.5. The predicted molar refractivity (Wildman–Crippen MR) is 124 cm³/mol. The van der Waals surface area contributed by atoms with Gasteiger partial charge in [-0.2, -0.15) is 0 Å². The molecule has 0 spiro atoms. The summed E-state index contributed by atoms with van der Waals surface area (Å²) in [7, 11) is 1.63. The Balaban J connectivity index is 1.76. The molecule has 0 saturated carbocycles. The Labute approximate surface area is 187 Å². The molecule has 162 valence electrons. The highest BCUT2D eigenvalue weighted by molar-refractivity contribution is 6.30. The highest BCUT2D eigenvalue weighted by Crippen LogP contribution is 2.21. The lowest BCUT2D eigenvalue weighted by Gasteiger charge is -2.28. The maximum absolute atomic E-state index is 12.1. The van der Waals surface area contributed by atoms with Gasteiger partial charge >= 0.3 is 6.09 Å². The van der Waals surface area contributed by atoms with Crippen LogP contribution in [0.4, 0.5) is 4.79 Å². The smallest absolute Gasteiger partial charge is 0.411 e. The number of carbonyl (C=O) groups is 1. The molecule has 7 heteroatoms. The molecule has 2 aromatic rings. The molecular formula is C24H26ClN3O3. The van der Waals surface area contributed by atoms with Gasteiger partial charge in [0.2, 0.25) is 0 Å². The van der Waals surface area contributed by atoms with E-state index in [1.54, 1.807) is 7.11 Å². The number of allylic oxidation sites excluding steroid dienone is 1. The minimum Gasteiger partial charge on any atom is -0.497 e. The molecule has 0 fully saturated rings. The zero-order chi connectivity index (χ0) is 22.2. The number of nitrogens with one attached hydrogen (secondary N) is 2.